The van der Waals surface area contributed by atoms with Gasteiger partial charge in [-0.1, -0.05) is 32.1 Å². The lowest BCUT2D eigenvalue weighted by Gasteiger charge is -2.44. The summed E-state index contributed by atoms with van der Waals surface area (Å²) in [6.07, 6.45) is 13.8. The maximum atomic E-state index is 13.2. The van der Waals surface area contributed by atoms with Crippen molar-refractivity contribution in [2.24, 2.45) is 11.8 Å². The molecule has 4 nitrogen and oxygen atoms in total. The molecule has 0 aromatic heterocycles. The van der Waals surface area contributed by atoms with Crippen LogP contribution in [0, 0.1) is 11.8 Å². The standard InChI is InChI=1S/C25H36N2O2/c1-26(18-19-8-3-2-4-9-19)24(28)21-13-15-22(16-14-21)25(29)27-17-7-11-20-10-5-6-12-23(20)27/h13-16,19-20,23H,2-12,17-18H2,1H3/t20-,23-/m0/s1. The normalized spacial score (nSPS) is 25.3. The van der Waals surface area contributed by atoms with Crippen LogP contribution >= 0.6 is 0 Å². The molecule has 1 saturated heterocycles. The summed E-state index contributed by atoms with van der Waals surface area (Å²) >= 11 is 0. The fraction of sp³-hybridized carbons (Fsp3) is 0.680. The first kappa shape index (κ1) is 20.4. The first-order valence-electron chi connectivity index (χ1n) is 11.8. The number of piperidine rings is 1. The Morgan fingerprint density at radius 1 is 0.862 bits per heavy atom. The Labute approximate surface area is 175 Å². The van der Waals surface area contributed by atoms with E-state index in [-0.39, 0.29) is 11.8 Å². The molecule has 0 spiro atoms. The van der Waals surface area contributed by atoms with Crippen molar-refractivity contribution in [3.63, 3.8) is 0 Å². The van der Waals surface area contributed by atoms with Gasteiger partial charge in [0.25, 0.3) is 11.8 Å². The van der Waals surface area contributed by atoms with Crippen molar-refractivity contribution in [2.75, 3.05) is 20.1 Å². The second kappa shape index (κ2) is 9.32. The van der Waals surface area contributed by atoms with Crippen molar-refractivity contribution < 1.29 is 9.59 Å². The van der Waals surface area contributed by atoms with E-state index in [1.807, 2.05) is 36.2 Å². The van der Waals surface area contributed by atoms with Crippen LogP contribution in [0.15, 0.2) is 24.3 Å². The Kier molecular flexibility index (Phi) is 6.56. The van der Waals surface area contributed by atoms with Gasteiger partial charge in [-0.15, -0.1) is 0 Å². The van der Waals surface area contributed by atoms with Crippen molar-refractivity contribution in [3.8, 4) is 0 Å². The largest absolute Gasteiger partial charge is 0.341 e. The van der Waals surface area contributed by atoms with E-state index < -0.39 is 0 Å². The Morgan fingerprint density at radius 3 is 2.24 bits per heavy atom. The molecule has 2 saturated carbocycles. The Hall–Kier alpha value is -1.84. The van der Waals surface area contributed by atoms with Crippen LogP contribution < -0.4 is 0 Å². The molecule has 0 N–H and O–H groups in total. The maximum Gasteiger partial charge on any atom is 0.254 e. The summed E-state index contributed by atoms with van der Waals surface area (Å²) in [5.74, 6) is 1.55. The minimum absolute atomic E-state index is 0.0693. The summed E-state index contributed by atoms with van der Waals surface area (Å²) in [5, 5.41) is 0. The SMILES string of the molecule is CN(CC1CCCCC1)C(=O)c1ccc(C(=O)N2CCC[C@@H]3CCCC[C@@H]32)cc1. The average molecular weight is 397 g/mol. The smallest absolute Gasteiger partial charge is 0.254 e. The van der Waals surface area contributed by atoms with E-state index in [0.29, 0.717) is 23.4 Å². The molecule has 0 radical (unpaired) electrons. The molecule has 4 rings (SSSR count). The summed E-state index contributed by atoms with van der Waals surface area (Å²) in [5.41, 5.74) is 1.41. The minimum atomic E-state index is 0.0693. The highest BCUT2D eigenvalue weighted by Crippen LogP contribution is 2.36. The molecule has 1 aliphatic heterocycles. The topological polar surface area (TPSA) is 40.6 Å². The fourth-order valence-corrected chi connectivity index (χ4v) is 5.86. The highest BCUT2D eigenvalue weighted by atomic mass is 16.2. The van der Waals surface area contributed by atoms with Gasteiger partial charge in [0.2, 0.25) is 0 Å². The number of benzene rings is 1. The van der Waals surface area contributed by atoms with Crippen LogP contribution in [0.5, 0.6) is 0 Å². The van der Waals surface area contributed by atoms with Gasteiger partial charge in [-0.3, -0.25) is 9.59 Å². The number of carbonyl (C=O) groups excluding carboxylic acids is 2. The van der Waals surface area contributed by atoms with Gasteiger partial charge < -0.3 is 9.80 Å². The van der Waals surface area contributed by atoms with Crippen LogP contribution in [-0.4, -0.2) is 47.8 Å². The molecule has 4 heteroatoms. The number of hydrogen-bond donors (Lipinski definition) is 0. The van der Waals surface area contributed by atoms with Gasteiger partial charge in [-0.2, -0.15) is 0 Å². The zero-order chi connectivity index (χ0) is 20.2. The molecular weight excluding hydrogens is 360 g/mol. The van der Waals surface area contributed by atoms with E-state index in [0.717, 1.165) is 31.5 Å². The number of hydrogen-bond acceptors (Lipinski definition) is 2. The monoisotopic (exact) mass is 396 g/mol. The lowest BCUT2D eigenvalue weighted by molar-refractivity contribution is 0.0390. The van der Waals surface area contributed by atoms with Crippen LogP contribution in [0.25, 0.3) is 0 Å². The third kappa shape index (κ3) is 4.67. The molecule has 3 fully saturated rings. The summed E-state index contributed by atoms with van der Waals surface area (Å²) in [6, 6.07) is 7.82. The summed E-state index contributed by atoms with van der Waals surface area (Å²) in [7, 11) is 1.91. The van der Waals surface area contributed by atoms with Gasteiger partial charge >= 0.3 is 0 Å². The van der Waals surface area contributed by atoms with Crippen LogP contribution in [0.2, 0.25) is 0 Å². The van der Waals surface area contributed by atoms with Gasteiger partial charge in [0, 0.05) is 37.3 Å². The van der Waals surface area contributed by atoms with Gasteiger partial charge in [-0.05, 0) is 74.6 Å². The quantitative estimate of drug-likeness (QED) is 0.707. The fourth-order valence-electron chi connectivity index (χ4n) is 5.86. The van der Waals surface area contributed by atoms with Crippen LogP contribution in [-0.2, 0) is 0 Å². The molecule has 0 bridgehead atoms. The van der Waals surface area contributed by atoms with Crippen molar-refractivity contribution in [1.29, 1.82) is 0 Å². The lowest BCUT2D eigenvalue weighted by atomic mass is 9.78. The molecule has 1 aromatic carbocycles. The molecule has 2 amide bonds. The van der Waals surface area contributed by atoms with E-state index >= 15 is 0 Å². The number of rotatable bonds is 4. The van der Waals surface area contributed by atoms with Crippen LogP contribution in [0.1, 0.15) is 91.3 Å². The van der Waals surface area contributed by atoms with Crippen molar-refractivity contribution in [1.82, 2.24) is 9.80 Å². The predicted octanol–water partition coefficient (Wildman–Crippen LogP) is 5.13. The number of amides is 2. The second-order valence-electron chi connectivity index (χ2n) is 9.52. The molecule has 0 unspecified atom stereocenters. The first-order chi connectivity index (χ1) is 14.1. The predicted molar refractivity (Wildman–Crippen MR) is 116 cm³/mol. The summed E-state index contributed by atoms with van der Waals surface area (Å²) in [6.45, 7) is 1.72. The zero-order valence-corrected chi connectivity index (χ0v) is 17.9. The van der Waals surface area contributed by atoms with Gasteiger partial charge in [0.15, 0.2) is 0 Å². The van der Waals surface area contributed by atoms with Gasteiger partial charge in [0.1, 0.15) is 0 Å². The Morgan fingerprint density at radius 2 is 1.48 bits per heavy atom. The molecule has 29 heavy (non-hydrogen) atoms. The van der Waals surface area contributed by atoms with E-state index in [2.05, 4.69) is 4.90 Å². The number of likely N-dealkylation sites (tertiary alicyclic amines) is 1. The van der Waals surface area contributed by atoms with Crippen molar-refractivity contribution in [2.45, 2.75) is 76.7 Å². The van der Waals surface area contributed by atoms with E-state index in [4.69, 9.17) is 0 Å². The molecule has 158 valence electrons. The third-order valence-corrected chi connectivity index (χ3v) is 7.49. The minimum Gasteiger partial charge on any atom is -0.341 e. The third-order valence-electron chi connectivity index (χ3n) is 7.49. The first-order valence-corrected chi connectivity index (χ1v) is 11.8. The Bertz CT molecular complexity index is 706. The molecular formula is C25H36N2O2. The lowest BCUT2D eigenvalue weighted by Crippen LogP contribution is -2.49. The summed E-state index contributed by atoms with van der Waals surface area (Å²) < 4.78 is 0. The van der Waals surface area contributed by atoms with Crippen LogP contribution in [0.3, 0.4) is 0 Å². The molecule has 3 aliphatic rings. The molecule has 2 atom stereocenters. The number of fused-ring (bicyclic) bond motifs is 1. The van der Waals surface area contributed by atoms with Crippen molar-refractivity contribution in [3.05, 3.63) is 35.4 Å². The van der Waals surface area contributed by atoms with Crippen LogP contribution in [0.4, 0.5) is 0 Å². The Balaban J connectivity index is 1.39. The number of nitrogens with zero attached hydrogens (tertiary/aromatic N) is 2. The molecule has 1 aromatic rings. The number of carbonyl (C=O) groups is 2. The highest BCUT2D eigenvalue weighted by Gasteiger charge is 2.36. The molecule has 1 heterocycles. The van der Waals surface area contributed by atoms with Gasteiger partial charge in [0.05, 0.1) is 0 Å². The average Bonchev–Trinajstić information content (AvgIpc) is 2.78. The zero-order valence-electron chi connectivity index (χ0n) is 17.9. The maximum absolute atomic E-state index is 13.2. The molecule has 2 aliphatic carbocycles. The van der Waals surface area contributed by atoms with E-state index in [9.17, 15) is 9.59 Å². The summed E-state index contributed by atoms with van der Waals surface area (Å²) in [4.78, 5) is 30.0. The highest BCUT2D eigenvalue weighted by molar-refractivity contribution is 5.98. The second-order valence-corrected chi connectivity index (χ2v) is 9.52. The van der Waals surface area contributed by atoms with E-state index in [1.54, 1.807) is 0 Å². The van der Waals surface area contributed by atoms with Gasteiger partial charge in [-0.25, -0.2) is 0 Å². The van der Waals surface area contributed by atoms with E-state index in [1.165, 1.54) is 57.8 Å². The van der Waals surface area contributed by atoms with Crippen molar-refractivity contribution >= 4 is 11.8 Å².